The summed E-state index contributed by atoms with van der Waals surface area (Å²) in [7, 11) is 0. The number of rotatable bonds is 6. The van der Waals surface area contributed by atoms with Gasteiger partial charge >= 0.3 is 0 Å². The van der Waals surface area contributed by atoms with Crippen LogP contribution in [0.3, 0.4) is 0 Å². The van der Waals surface area contributed by atoms with Crippen LogP contribution in [0.4, 0.5) is 0 Å². The van der Waals surface area contributed by atoms with Gasteiger partial charge in [-0.2, -0.15) is 0 Å². The minimum atomic E-state index is 0.00345. The molecule has 0 aromatic rings. The van der Waals surface area contributed by atoms with Crippen molar-refractivity contribution in [3.8, 4) is 0 Å². The van der Waals surface area contributed by atoms with Gasteiger partial charge in [0, 0.05) is 18.9 Å². The molecule has 1 amide bonds. The summed E-state index contributed by atoms with van der Waals surface area (Å²) < 4.78 is 0. The number of Topliss-reactive ketones (excluding diaryl/α,β-unsaturated/α-hetero) is 1. The second-order valence-electron chi connectivity index (χ2n) is 3.22. The molecule has 0 saturated heterocycles. The van der Waals surface area contributed by atoms with E-state index in [1.54, 1.807) is 0 Å². The van der Waals surface area contributed by atoms with Crippen molar-refractivity contribution in [2.45, 2.75) is 26.7 Å². The van der Waals surface area contributed by atoms with E-state index < -0.39 is 0 Å². The second-order valence-corrected chi connectivity index (χ2v) is 3.49. The summed E-state index contributed by atoms with van der Waals surface area (Å²) in [6.45, 7) is 4.22. The topological polar surface area (TPSA) is 46.2 Å². The van der Waals surface area contributed by atoms with Gasteiger partial charge in [-0.25, -0.2) is 0 Å². The largest absolute Gasteiger partial charge is 0.356 e. The molecule has 76 valence electrons. The second kappa shape index (κ2) is 6.89. The zero-order chi connectivity index (χ0) is 10.3. The molecule has 0 fully saturated rings. The number of carbonyl (C=O) groups excluding carboxylic acids is 2. The van der Waals surface area contributed by atoms with Crippen molar-refractivity contribution in [3.05, 3.63) is 0 Å². The van der Waals surface area contributed by atoms with Gasteiger partial charge in [0.05, 0.1) is 5.88 Å². The van der Waals surface area contributed by atoms with Crippen molar-refractivity contribution in [2.24, 2.45) is 5.92 Å². The molecule has 0 aliphatic rings. The fourth-order valence-corrected chi connectivity index (χ4v) is 0.902. The third-order valence-corrected chi connectivity index (χ3v) is 1.90. The molecule has 0 atom stereocenters. The zero-order valence-electron chi connectivity index (χ0n) is 8.10. The number of alkyl halides is 1. The summed E-state index contributed by atoms with van der Waals surface area (Å²) in [5.74, 6) is 0.125. The number of halogens is 1. The quantitative estimate of drug-likeness (QED) is 0.526. The molecule has 0 spiro atoms. The molecule has 0 aliphatic carbocycles. The van der Waals surface area contributed by atoms with Crippen molar-refractivity contribution in [2.75, 3.05) is 12.4 Å². The van der Waals surface area contributed by atoms with E-state index in [-0.39, 0.29) is 23.5 Å². The monoisotopic (exact) mass is 205 g/mol. The average molecular weight is 206 g/mol. The predicted molar refractivity (Wildman–Crippen MR) is 52.8 cm³/mol. The van der Waals surface area contributed by atoms with Crippen LogP contribution in [0.2, 0.25) is 0 Å². The van der Waals surface area contributed by atoms with E-state index in [0.29, 0.717) is 19.4 Å². The lowest BCUT2D eigenvalue weighted by Crippen LogP contribution is -2.28. The molecule has 0 unspecified atom stereocenters. The number of hydrogen-bond acceptors (Lipinski definition) is 2. The average Bonchev–Trinajstić information content (AvgIpc) is 2.11. The third kappa shape index (κ3) is 6.58. The molecule has 13 heavy (non-hydrogen) atoms. The highest BCUT2D eigenvalue weighted by molar-refractivity contribution is 6.27. The van der Waals surface area contributed by atoms with Gasteiger partial charge in [0.15, 0.2) is 0 Å². The van der Waals surface area contributed by atoms with Crippen LogP contribution in [-0.4, -0.2) is 24.1 Å². The zero-order valence-corrected chi connectivity index (χ0v) is 8.86. The highest BCUT2D eigenvalue weighted by Crippen LogP contribution is 1.94. The molecule has 3 nitrogen and oxygen atoms in total. The third-order valence-electron chi connectivity index (χ3n) is 1.61. The molecule has 0 aliphatic heterocycles. The van der Waals surface area contributed by atoms with E-state index in [4.69, 9.17) is 11.6 Å². The Morgan fingerprint density at radius 3 is 2.46 bits per heavy atom. The molecule has 0 bridgehead atoms. The van der Waals surface area contributed by atoms with Gasteiger partial charge in [-0.1, -0.05) is 13.8 Å². The summed E-state index contributed by atoms with van der Waals surface area (Å²) in [6.07, 6.45) is 1.12. The molecule has 0 aromatic heterocycles. The molecule has 0 radical (unpaired) electrons. The Morgan fingerprint density at radius 1 is 1.38 bits per heavy atom. The minimum Gasteiger partial charge on any atom is -0.356 e. The van der Waals surface area contributed by atoms with E-state index in [1.807, 2.05) is 13.8 Å². The summed E-state index contributed by atoms with van der Waals surface area (Å²) in [6, 6.07) is 0. The van der Waals surface area contributed by atoms with Crippen molar-refractivity contribution in [1.29, 1.82) is 0 Å². The fourth-order valence-electron chi connectivity index (χ4n) is 0.768. The first kappa shape index (κ1) is 12.4. The van der Waals surface area contributed by atoms with Crippen LogP contribution in [0.1, 0.15) is 26.7 Å². The molecular formula is C9H16ClNO2. The van der Waals surface area contributed by atoms with Crippen LogP contribution >= 0.6 is 11.6 Å². The lowest BCUT2D eigenvalue weighted by Gasteiger charge is -2.06. The Hall–Kier alpha value is -0.570. The maximum atomic E-state index is 11.0. The van der Waals surface area contributed by atoms with Gasteiger partial charge in [0.25, 0.3) is 0 Å². The van der Waals surface area contributed by atoms with Gasteiger partial charge in [-0.05, 0) is 6.42 Å². The summed E-state index contributed by atoms with van der Waals surface area (Å²) in [5, 5.41) is 2.73. The number of hydrogen-bond donors (Lipinski definition) is 1. The Labute approximate surface area is 83.8 Å². The molecule has 0 rings (SSSR count). The summed E-state index contributed by atoms with van der Waals surface area (Å²) >= 11 is 5.31. The number of ketones is 1. The van der Waals surface area contributed by atoms with Crippen LogP contribution in [0.5, 0.6) is 0 Å². The molecule has 0 saturated carbocycles. The smallest absolute Gasteiger partial charge is 0.222 e. The minimum absolute atomic E-state index is 0.00345. The highest BCUT2D eigenvalue weighted by atomic mass is 35.5. The molecule has 0 heterocycles. The lowest BCUT2D eigenvalue weighted by molar-refractivity contribution is -0.124. The first-order chi connectivity index (χ1) is 6.07. The Kier molecular flexibility index (Phi) is 6.59. The summed E-state index contributed by atoms with van der Waals surface area (Å²) in [4.78, 5) is 21.8. The lowest BCUT2D eigenvalue weighted by atomic mass is 10.2. The normalized spacial score (nSPS) is 10.2. The van der Waals surface area contributed by atoms with E-state index in [2.05, 4.69) is 5.32 Å². The SMILES string of the molecule is CC(C)C(=O)NCCCC(=O)CCl. The van der Waals surface area contributed by atoms with Crippen LogP contribution < -0.4 is 5.32 Å². The summed E-state index contributed by atoms with van der Waals surface area (Å²) in [5.41, 5.74) is 0. The number of nitrogens with one attached hydrogen (secondary N) is 1. The first-order valence-electron chi connectivity index (χ1n) is 4.43. The van der Waals surface area contributed by atoms with Gasteiger partial charge in [0.1, 0.15) is 5.78 Å². The van der Waals surface area contributed by atoms with Crippen molar-refractivity contribution < 1.29 is 9.59 Å². The molecular weight excluding hydrogens is 190 g/mol. The number of amides is 1. The van der Waals surface area contributed by atoms with Gasteiger partial charge in [0.2, 0.25) is 5.91 Å². The van der Waals surface area contributed by atoms with Crippen LogP contribution in [-0.2, 0) is 9.59 Å². The Bertz CT molecular complexity index is 180. The van der Waals surface area contributed by atoms with Gasteiger partial charge in [-0.3, -0.25) is 9.59 Å². The van der Waals surface area contributed by atoms with Crippen molar-refractivity contribution >= 4 is 23.3 Å². The van der Waals surface area contributed by atoms with E-state index in [1.165, 1.54) is 0 Å². The van der Waals surface area contributed by atoms with Crippen LogP contribution in [0.25, 0.3) is 0 Å². The molecule has 1 N–H and O–H groups in total. The van der Waals surface area contributed by atoms with E-state index in [0.717, 1.165) is 0 Å². The first-order valence-corrected chi connectivity index (χ1v) is 4.96. The molecule has 4 heteroatoms. The predicted octanol–water partition coefficient (Wildman–Crippen LogP) is 1.35. The maximum absolute atomic E-state index is 11.0. The van der Waals surface area contributed by atoms with E-state index >= 15 is 0 Å². The van der Waals surface area contributed by atoms with Crippen molar-refractivity contribution in [3.63, 3.8) is 0 Å². The van der Waals surface area contributed by atoms with Gasteiger partial charge < -0.3 is 5.32 Å². The maximum Gasteiger partial charge on any atom is 0.222 e. The molecule has 0 aromatic carbocycles. The Balaban J connectivity index is 3.36. The standard InChI is InChI=1S/C9H16ClNO2/c1-7(2)9(13)11-5-3-4-8(12)6-10/h7H,3-6H2,1-2H3,(H,11,13). The highest BCUT2D eigenvalue weighted by Gasteiger charge is 2.05. The number of carbonyl (C=O) groups is 2. The fraction of sp³-hybridized carbons (Fsp3) is 0.778. The van der Waals surface area contributed by atoms with Crippen LogP contribution in [0.15, 0.2) is 0 Å². The van der Waals surface area contributed by atoms with Crippen LogP contribution in [0, 0.1) is 5.92 Å². The van der Waals surface area contributed by atoms with Gasteiger partial charge in [-0.15, -0.1) is 11.6 Å². The van der Waals surface area contributed by atoms with Crippen molar-refractivity contribution in [1.82, 2.24) is 5.32 Å². The Morgan fingerprint density at radius 2 is 2.00 bits per heavy atom. The van der Waals surface area contributed by atoms with E-state index in [9.17, 15) is 9.59 Å².